The van der Waals surface area contributed by atoms with Crippen molar-refractivity contribution in [2.75, 3.05) is 7.11 Å². The van der Waals surface area contributed by atoms with Gasteiger partial charge < -0.3 is 4.74 Å². The van der Waals surface area contributed by atoms with Crippen LogP contribution in [0.25, 0.3) is 0 Å². The molecule has 0 bridgehead atoms. The predicted octanol–water partition coefficient (Wildman–Crippen LogP) is 1.78. The van der Waals surface area contributed by atoms with Crippen LogP contribution in [0.5, 0.6) is 0 Å². The minimum absolute atomic E-state index is 0.366. The lowest BCUT2D eigenvalue weighted by Gasteiger charge is -2.05. The van der Waals surface area contributed by atoms with Crippen molar-refractivity contribution in [2.24, 2.45) is 0 Å². The first kappa shape index (κ1) is 13.9. The molecule has 0 unspecified atom stereocenters. The smallest absolute Gasteiger partial charge is 0.311 e. The van der Waals surface area contributed by atoms with Gasteiger partial charge in [-0.25, -0.2) is 13.8 Å². The number of pyridine rings is 1. The summed E-state index contributed by atoms with van der Waals surface area (Å²) in [4.78, 5) is 23.6. The van der Waals surface area contributed by atoms with E-state index in [-0.39, 0.29) is 0 Å². The molecule has 0 aliphatic rings. The highest BCUT2D eigenvalue weighted by Gasteiger charge is 2.25. The number of halogens is 3. The van der Waals surface area contributed by atoms with Gasteiger partial charge in [0.1, 0.15) is 5.69 Å². The molecule has 0 fully saturated rings. The van der Waals surface area contributed by atoms with E-state index in [0.29, 0.717) is 6.07 Å². The number of carbonyl (C=O) groups is 1. The van der Waals surface area contributed by atoms with Gasteiger partial charge in [0.05, 0.1) is 24.0 Å². The Balaban J connectivity index is 3.29. The largest absolute Gasteiger partial charge is 0.469 e. The van der Waals surface area contributed by atoms with Crippen LogP contribution in [0.15, 0.2) is 6.07 Å². The standard InChI is InChI=1S/C9H7F3N2O4/c1-18-7(15)3-5-6(14(16)17)2-4(8(10)11)9(12)13-5/h2,8H,3H2,1H3. The van der Waals surface area contributed by atoms with Gasteiger partial charge in [0, 0.05) is 6.07 Å². The van der Waals surface area contributed by atoms with Crippen LogP contribution in [0.1, 0.15) is 17.7 Å². The lowest BCUT2D eigenvalue weighted by molar-refractivity contribution is -0.386. The monoisotopic (exact) mass is 264 g/mol. The molecule has 0 spiro atoms. The molecule has 0 atom stereocenters. The van der Waals surface area contributed by atoms with Crippen LogP contribution in [0.3, 0.4) is 0 Å². The maximum atomic E-state index is 13.1. The van der Waals surface area contributed by atoms with Gasteiger partial charge in [0.2, 0.25) is 5.95 Å². The first-order chi connectivity index (χ1) is 8.36. The molecular weight excluding hydrogens is 257 g/mol. The average Bonchev–Trinajstić information content (AvgIpc) is 2.27. The van der Waals surface area contributed by atoms with Crippen molar-refractivity contribution in [1.29, 1.82) is 0 Å². The summed E-state index contributed by atoms with van der Waals surface area (Å²) in [6.07, 6.45) is -3.91. The zero-order valence-corrected chi connectivity index (χ0v) is 9.02. The minimum atomic E-state index is -3.23. The van der Waals surface area contributed by atoms with E-state index in [1.165, 1.54) is 0 Å². The number of carbonyl (C=O) groups excluding carboxylic acids is 1. The highest BCUT2D eigenvalue weighted by Crippen LogP contribution is 2.27. The summed E-state index contributed by atoms with van der Waals surface area (Å²) < 4.78 is 42.0. The second kappa shape index (κ2) is 5.43. The lowest BCUT2D eigenvalue weighted by Crippen LogP contribution is -2.11. The van der Waals surface area contributed by atoms with Crippen LogP contribution < -0.4 is 0 Å². The van der Waals surface area contributed by atoms with Crippen molar-refractivity contribution < 1.29 is 27.6 Å². The first-order valence-electron chi connectivity index (χ1n) is 4.55. The van der Waals surface area contributed by atoms with Crippen molar-refractivity contribution in [3.63, 3.8) is 0 Å². The van der Waals surface area contributed by atoms with E-state index < -0.39 is 46.6 Å². The van der Waals surface area contributed by atoms with Crippen LogP contribution in [0, 0.1) is 16.1 Å². The summed E-state index contributed by atoms with van der Waals surface area (Å²) in [5, 5.41) is 10.6. The van der Waals surface area contributed by atoms with Crippen molar-refractivity contribution in [3.8, 4) is 0 Å². The van der Waals surface area contributed by atoms with Gasteiger partial charge >= 0.3 is 5.97 Å². The first-order valence-corrected chi connectivity index (χ1v) is 4.55. The highest BCUT2D eigenvalue weighted by molar-refractivity contribution is 5.73. The summed E-state index contributed by atoms with van der Waals surface area (Å²) in [5.74, 6) is -2.44. The molecule has 0 aliphatic heterocycles. The number of rotatable bonds is 4. The van der Waals surface area contributed by atoms with Crippen LogP contribution in [-0.4, -0.2) is 23.0 Å². The molecule has 0 N–H and O–H groups in total. The Labute approximate surface area is 98.5 Å². The van der Waals surface area contributed by atoms with Crippen LogP contribution in [0.2, 0.25) is 0 Å². The highest BCUT2D eigenvalue weighted by atomic mass is 19.3. The number of esters is 1. The van der Waals surface area contributed by atoms with Crippen LogP contribution in [-0.2, 0) is 16.0 Å². The summed E-state index contributed by atoms with van der Waals surface area (Å²) in [7, 11) is 1.03. The van der Waals surface area contributed by atoms with E-state index in [9.17, 15) is 28.1 Å². The third kappa shape index (κ3) is 2.93. The third-order valence-corrected chi connectivity index (χ3v) is 2.03. The number of hydrogen-bond acceptors (Lipinski definition) is 5. The zero-order chi connectivity index (χ0) is 13.9. The summed E-state index contributed by atoms with van der Waals surface area (Å²) in [6.45, 7) is 0. The van der Waals surface area contributed by atoms with E-state index in [4.69, 9.17) is 0 Å². The van der Waals surface area contributed by atoms with Gasteiger partial charge in [-0.2, -0.15) is 4.39 Å². The molecule has 6 nitrogen and oxygen atoms in total. The fraction of sp³-hybridized carbons (Fsp3) is 0.333. The number of nitrogens with zero attached hydrogens (tertiary/aromatic N) is 2. The minimum Gasteiger partial charge on any atom is -0.469 e. The molecular formula is C9H7F3N2O4. The maximum absolute atomic E-state index is 13.1. The van der Waals surface area contributed by atoms with Gasteiger partial charge in [-0.05, 0) is 0 Å². The van der Waals surface area contributed by atoms with Gasteiger partial charge in [-0.1, -0.05) is 0 Å². The Bertz CT molecular complexity index is 493. The number of hydrogen-bond donors (Lipinski definition) is 0. The van der Waals surface area contributed by atoms with Crippen molar-refractivity contribution in [2.45, 2.75) is 12.8 Å². The molecule has 9 heteroatoms. The molecule has 0 saturated carbocycles. The van der Waals surface area contributed by atoms with E-state index in [1.54, 1.807) is 0 Å². The Morgan fingerprint density at radius 3 is 2.67 bits per heavy atom. The summed E-state index contributed by atoms with van der Waals surface area (Å²) >= 11 is 0. The molecule has 0 saturated heterocycles. The van der Waals surface area contributed by atoms with E-state index in [2.05, 4.69) is 9.72 Å². The molecule has 0 aliphatic carbocycles. The molecule has 0 radical (unpaired) electrons. The molecule has 98 valence electrons. The molecule has 1 heterocycles. The lowest BCUT2D eigenvalue weighted by atomic mass is 10.2. The summed E-state index contributed by atoms with van der Waals surface area (Å²) in [6, 6.07) is 0.366. The Morgan fingerprint density at radius 2 is 2.22 bits per heavy atom. The Kier molecular flexibility index (Phi) is 4.18. The normalized spacial score (nSPS) is 10.5. The van der Waals surface area contributed by atoms with Crippen molar-refractivity contribution >= 4 is 11.7 Å². The van der Waals surface area contributed by atoms with E-state index >= 15 is 0 Å². The Hall–Kier alpha value is -2.19. The van der Waals surface area contributed by atoms with E-state index in [1.807, 2.05) is 0 Å². The topological polar surface area (TPSA) is 82.3 Å². The molecule has 0 aromatic carbocycles. The molecule has 1 rings (SSSR count). The van der Waals surface area contributed by atoms with Crippen LogP contribution in [0.4, 0.5) is 18.9 Å². The number of aromatic nitrogens is 1. The fourth-order valence-electron chi connectivity index (χ4n) is 1.18. The zero-order valence-electron chi connectivity index (χ0n) is 9.02. The van der Waals surface area contributed by atoms with Gasteiger partial charge in [0.25, 0.3) is 12.1 Å². The maximum Gasteiger partial charge on any atom is 0.311 e. The van der Waals surface area contributed by atoms with Crippen molar-refractivity contribution in [1.82, 2.24) is 4.98 Å². The van der Waals surface area contributed by atoms with Gasteiger partial charge in [-0.15, -0.1) is 0 Å². The Morgan fingerprint density at radius 1 is 1.61 bits per heavy atom. The van der Waals surface area contributed by atoms with Gasteiger partial charge in [-0.3, -0.25) is 14.9 Å². The second-order valence-electron chi connectivity index (χ2n) is 3.14. The number of nitro groups is 1. The van der Waals surface area contributed by atoms with Crippen LogP contribution >= 0.6 is 0 Å². The van der Waals surface area contributed by atoms with Gasteiger partial charge in [0.15, 0.2) is 0 Å². The number of ether oxygens (including phenoxy) is 1. The molecule has 0 amide bonds. The molecule has 1 aromatic heterocycles. The second-order valence-corrected chi connectivity index (χ2v) is 3.14. The average molecular weight is 264 g/mol. The number of alkyl halides is 2. The fourth-order valence-corrected chi connectivity index (χ4v) is 1.18. The third-order valence-electron chi connectivity index (χ3n) is 2.03. The quantitative estimate of drug-likeness (QED) is 0.358. The molecule has 1 aromatic rings. The van der Waals surface area contributed by atoms with Crippen molar-refractivity contribution in [3.05, 3.63) is 33.4 Å². The summed E-state index contributed by atoms with van der Waals surface area (Å²) in [5.41, 5.74) is -2.60. The SMILES string of the molecule is COC(=O)Cc1nc(F)c(C(F)F)cc1[N+](=O)[O-]. The van der Waals surface area contributed by atoms with E-state index in [0.717, 1.165) is 7.11 Å². The number of methoxy groups -OCH3 is 1. The predicted molar refractivity (Wildman–Crippen MR) is 51.5 cm³/mol. The molecule has 18 heavy (non-hydrogen) atoms.